The van der Waals surface area contributed by atoms with E-state index in [-0.39, 0.29) is 16.9 Å². The Bertz CT molecular complexity index is 404. The predicted octanol–water partition coefficient (Wildman–Crippen LogP) is 1.82. The number of carbonyl (C=O) groups excluding carboxylic acids is 1. The summed E-state index contributed by atoms with van der Waals surface area (Å²) in [4.78, 5) is 17.6. The summed E-state index contributed by atoms with van der Waals surface area (Å²) in [7, 11) is 0. The van der Waals surface area contributed by atoms with Gasteiger partial charge in [-0.25, -0.2) is 0 Å². The van der Waals surface area contributed by atoms with Gasteiger partial charge in [0, 0.05) is 24.5 Å². The number of carbonyl (C=O) groups is 1. The van der Waals surface area contributed by atoms with Gasteiger partial charge in [-0.1, -0.05) is 6.42 Å². The lowest BCUT2D eigenvalue weighted by molar-refractivity contribution is -0.131. The zero-order valence-electron chi connectivity index (χ0n) is 13.5. The van der Waals surface area contributed by atoms with Crippen LogP contribution < -0.4 is 0 Å². The monoisotopic (exact) mass is 310 g/mol. The van der Waals surface area contributed by atoms with Crippen molar-refractivity contribution in [3.05, 3.63) is 5.21 Å². The van der Waals surface area contributed by atoms with Crippen molar-refractivity contribution in [2.75, 3.05) is 19.6 Å². The molecule has 0 amide bonds. The molecule has 4 atom stereocenters. The number of ketones is 1. The van der Waals surface area contributed by atoms with E-state index < -0.39 is 6.04 Å². The topological polar surface area (TPSA) is 70.1 Å². The number of hydroxylamine groups is 2. The lowest BCUT2D eigenvalue weighted by Gasteiger charge is -2.38. The van der Waals surface area contributed by atoms with Crippen LogP contribution in [0.1, 0.15) is 51.9 Å². The summed E-state index contributed by atoms with van der Waals surface area (Å²) in [6, 6.07) is 0.0326. The summed E-state index contributed by atoms with van der Waals surface area (Å²) >= 11 is 0. The maximum Gasteiger partial charge on any atom is 0.150 e. The molecular formula is C16H28N3O3-. The van der Waals surface area contributed by atoms with Crippen molar-refractivity contribution < 1.29 is 10.0 Å². The number of rotatable bonds is 4. The number of Topliss-reactive ketones (excluding diaryl/α,β-unsaturated/α-hetero) is 1. The second kappa shape index (κ2) is 6.93. The van der Waals surface area contributed by atoms with Crippen molar-refractivity contribution in [3.63, 3.8) is 0 Å². The van der Waals surface area contributed by atoms with Gasteiger partial charge in [0.05, 0.1) is 12.7 Å². The first-order valence-electron chi connectivity index (χ1n) is 8.74. The Morgan fingerprint density at radius 2 is 2.09 bits per heavy atom. The highest BCUT2D eigenvalue weighted by Gasteiger charge is 2.40. The predicted molar refractivity (Wildman–Crippen MR) is 83.1 cm³/mol. The van der Waals surface area contributed by atoms with Gasteiger partial charge >= 0.3 is 0 Å². The van der Waals surface area contributed by atoms with Gasteiger partial charge in [0.2, 0.25) is 0 Å². The van der Waals surface area contributed by atoms with Gasteiger partial charge in [-0.3, -0.25) is 19.8 Å². The van der Waals surface area contributed by atoms with Crippen LogP contribution >= 0.6 is 0 Å². The Morgan fingerprint density at radius 1 is 1.27 bits per heavy atom. The third kappa shape index (κ3) is 3.36. The average Bonchev–Trinajstić information content (AvgIpc) is 2.83. The molecule has 3 rings (SSSR count). The van der Waals surface area contributed by atoms with Crippen LogP contribution in [-0.4, -0.2) is 63.9 Å². The van der Waals surface area contributed by atoms with E-state index in [2.05, 4.69) is 16.7 Å². The first-order chi connectivity index (χ1) is 10.6. The van der Waals surface area contributed by atoms with Gasteiger partial charge in [0.15, 0.2) is 0 Å². The van der Waals surface area contributed by atoms with Crippen LogP contribution in [0.2, 0.25) is 0 Å². The van der Waals surface area contributed by atoms with E-state index in [0.717, 1.165) is 32.4 Å². The smallest absolute Gasteiger partial charge is 0.150 e. The third-order valence-electron chi connectivity index (χ3n) is 5.78. The van der Waals surface area contributed by atoms with Gasteiger partial charge in [0.1, 0.15) is 5.78 Å². The summed E-state index contributed by atoms with van der Waals surface area (Å²) in [5, 5.41) is 20.3. The number of fused-ring (bicyclic) bond motifs is 1. The van der Waals surface area contributed by atoms with E-state index in [4.69, 9.17) is 5.21 Å². The molecule has 3 fully saturated rings. The number of hydrogen-bond donors (Lipinski definition) is 1. The summed E-state index contributed by atoms with van der Waals surface area (Å²) in [6.45, 7) is 4.93. The normalized spacial score (nSPS) is 37.5. The summed E-state index contributed by atoms with van der Waals surface area (Å²) in [5.41, 5.74) is 0. The fourth-order valence-corrected chi connectivity index (χ4v) is 4.53. The highest BCUT2D eigenvalue weighted by molar-refractivity contribution is 5.83. The molecule has 22 heavy (non-hydrogen) atoms. The highest BCUT2D eigenvalue weighted by atomic mass is 16.8. The SMILES string of the molecule is CC1CN2CCCCC2N1CC(=O)C1CCCC(N([O-])O)C1. The molecule has 6 nitrogen and oxygen atoms in total. The van der Waals surface area contributed by atoms with Crippen molar-refractivity contribution in [2.45, 2.75) is 70.1 Å². The number of hydrogen-bond acceptors (Lipinski definition) is 6. The largest absolute Gasteiger partial charge is 0.762 e. The molecule has 0 aromatic carbocycles. The molecule has 6 heteroatoms. The third-order valence-corrected chi connectivity index (χ3v) is 5.78. The van der Waals surface area contributed by atoms with Crippen molar-refractivity contribution in [1.82, 2.24) is 15.0 Å². The van der Waals surface area contributed by atoms with Crippen LogP contribution in [0.25, 0.3) is 0 Å². The molecule has 0 spiro atoms. The quantitative estimate of drug-likeness (QED) is 0.799. The Morgan fingerprint density at radius 3 is 2.86 bits per heavy atom. The van der Waals surface area contributed by atoms with Gasteiger partial charge in [-0.15, -0.1) is 0 Å². The molecule has 1 saturated carbocycles. The molecule has 0 aromatic heterocycles. The van der Waals surface area contributed by atoms with Gasteiger partial charge in [-0.2, -0.15) is 0 Å². The second-order valence-electron chi connectivity index (χ2n) is 7.28. The van der Waals surface area contributed by atoms with E-state index in [1.165, 1.54) is 12.8 Å². The first-order valence-corrected chi connectivity index (χ1v) is 8.74. The van der Waals surface area contributed by atoms with Crippen LogP contribution in [0, 0.1) is 11.1 Å². The van der Waals surface area contributed by atoms with Gasteiger partial charge in [-0.05, 0) is 52.0 Å². The van der Waals surface area contributed by atoms with E-state index in [0.29, 0.717) is 31.6 Å². The lowest BCUT2D eigenvalue weighted by atomic mass is 9.83. The lowest BCUT2D eigenvalue weighted by Crippen LogP contribution is -2.46. The Balaban J connectivity index is 1.59. The van der Waals surface area contributed by atoms with Crippen LogP contribution in [0.4, 0.5) is 0 Å². The molecule has 2 aliphatic heterocycles. The molecule has 0 bridgehead atoms. The fraction of sp³-hybridized carbons (Fsp3) is 0.938. The Hall–Kier alpha value is -0.530. The van der Waals surface area contributed by atoms with E-state index in [1.807, 2.05) is 0 Å². The maximum absolute atomic E-state index is 12.7. The number of piperidine rings is 1. The van der Waals surface area contributed by atoms with Crippen molar-refractivity contribution in [1.29, 1.82) is 0 Å². The van der Waals surface area contributed by atoms with Crippen molar-refractivity contribution in [3.8, 4) is 0 Å². The van der Waals surface area contributed by atoms with Crippen LogP contribution in [0.15, 0.2) is 0 Å². The molecule has 2 heterocycles. The molecule has 1 aliphatic carbocycles. The second-order valence-corrected chi connectivity index (χ2v) is 7.28. The van der Waals surface area contributed by atoms with Crippen LogP contribution in [0.3, 0.4) is 0 Å². The zero-order valence-corrected chi connectivity index (χ0v) is 13.5. The van der Waals surface area contributed by atoms with Gasteiger partial charge in [0.25, 0.3) is 0 Å². The maximum atomic E-state index is 12.7. The summed E-state index contributed by atoms with van der Waals surface area (Å²) in [6.07, 6.45) is 7.03. The first kappa shape index (κ1) is 16.3. The average molecular weight is 310 g/mol. The standard InChI is InChI=1S/C16H28N3O3/c1-12-10-17-8-3-2-7-16(17)18(12)11-15(20)13-5-4-6-14(9-13)19(21)22/h12-14,16,21H,2-11H2,1H3/q-1. The minimum atomic E-state index is -0.398. The summed E-state index contributed by atoms with van der Waals surface area (Å²) in [5.74, 6) is 0.193. The van der Waals surface area contributed by atoms with Crippen molar-refractivity contribution in [2.24, 2.45) is 5.92 Å². The summed E-state index contributed by atoms with van der Waals surface area (Å²) < 4.78 is 0. The molecule has 1 N–H and O–H groups in total. The molecular weight excluding hydrogens is 282 g/mol. The van der Waals surface area contributed by atoms with E-state index in [9.17, 15) is 10.0 Å². The fourth-order valence-electron chi connectivity index (χ4n) is 4.53. The minimum absolute atomic E-state index is 0.0563. The minimum Gasteiger partial charge on any atom is -0.762 e. The number of nitrogens with zero attached hydrogens (tertiary/aromatic N) is 3. The highest BCUT2D eigenvalue weighted by Crippen LogP contribution is 2.31. The van der Waals surface area contributed by atoms with Crippen molar-refractivity contribution >= 4 is 5.78 Å². The molecule has 0 aromatic rings. The molecule has 2 saturated heterocycles. The Kier molecular flexibility index (Phi) is 5.14. The molecule has 4 unspecified atom stereocenters. The molecule has 126 valence electrons. The Labute approximate surface area is 132 Å². The van der Waals surface area contributed by atoms with Crippen LogP contribution in [0.5, 0.6) is 0 Å². The zero-order chi connectivity index (χ0) is 15.7. The molecule has 3 aliphatic rings. The van der Waals surface area contributed by atoms with Crippen LogP contribution in [-0.2, 0) is 4.79 Å². The molecule has 0 radical (unpaired) electrons. The van der Waals surface area contributed by atoms with Gasteiger partial charge < -0.3 is 10.4 Å². The van der Waals surface area contributed by atoms with E-state index >= 15 is 0 Å². The van der Waals surface area contributed by atoms with E-state index in [1.54, 1.807) is 0 Å².